The Morgan fingerprint density at radius 2 is 2.20 bits per heavy atom. The molecule has 0 fully saturated rings. The summed E-state index contributed by atoms with van der Waals surface area (Å²) in [5.74, 6) is 0.828. The number of carbonyl (C=O) groups is 1. The Morgan fingerprint density at radius 3 is 2.80 bits per heavy atom. The third-order valence-corrected chi connectivity index (χ3v) is 2.91. The molecule has 2 rings (SSSR count). The summed E-state index contributed by atoms with van der Waals surface area (Å²) in [5.41, 5.74) is 0. The fourth-order valence-corrected chi connectivity index (χ4v) is 1.84. The second-order valence-electron chi connectivity index (χ2n) is 4.66. The van der Waals surface area contributed by atoms with E-state index in [9.17, 15) is 4.79 Å². The van der Waals surface area contributed by atoms with Crippen LogP contribution in [0, 0.1) is 5.92 Å². The Morgan fingerprint density at radius 1 is 1.45 bits per heavy atom. The van der Waals surface area contributed by atoms with Crippen LogP contribution in [0.1, 0.15) is 25.6 Å². The molecular formula is C12H18N6O2. The van der Waals surface area contributed by atoms with Crippen LogP contribution in [0.25, 0.3) is 0 Å². The van der Waals surface area contributed by atoms with Crippen molar-refractivity contribution in [3.63, 3.8) is 0 Å². The molecule has 0 aliphatic heterocycles. The molecule has 0 aliphatic carbocycles. The van der Waals surface area contributed by atoms with Gasteiger partial charge in [-0.25, -0.2) is 4.98 Å². The predicted octanol–water partition coefficient (Wildman–Crippen LogP) is 0.518. The fraction of sp³-hybridized carbons (Fsp3) is 0.583. The van der Waals surface area contributed by atoms with Gasteiger partial charge >= 0.3 is 0 Å². The lowest BCUT2D eigenvalue weighted by molar-refractivity contribution is -0.135. The molecule has 108 valence electrons. The van der Waals surface area contributed by atoms with Gasteiger partial charge < -0.3 is 9.32 Å². The highest BCUT2D eigenvalue weighted by Crippen LogP contribution is 2.08. The Bertz CT molecular complexity index is 550. The molecule has 8 nitrogen and oxygen atoms in total. The van der Waals surface area contributed by atoms with Gasteiger partial charge in [0.1, 0.15) is 12.7 Å². The SMILES string of the molecule is CCc1nnc(CN(C)C(=O)C(C)Cn2cncn2)o1. The van der Waals surface area contributed by atoms with E-state index < -0.39 is 0 Å². The Hall–Kier alpha value is -2.25. The lowest BCUT2D eigenvalue weighted by atomic mass is 10.1. The number of hydrogen-bond donors (Lipinski definition) is 0. The minimum atomic E-state index is -0.199. The third-order valence-electron chi connectivity index (χ3n) is 2.91. The number of aromatic nitrogens is 5. The highest BCUT2D eigenvalue weighted by Gasteiger charge is 2.20. The molecule has 1 atom stereocenters. The Labute approximate surface area is 116 Å². The van der Waals surface area contributed by atoms with Gasteiger partial charge in [0.2, 0.25) is 17.7 Å². The first kappa shape index (κ1) is 14.2. The van der Waals surface area contributed by atoms with Crippen molar-refractivity contribution < 1.29 is 9.21 Å². The van der Waals surface area contributed by atoms with Crippen molar-refractivity contribution in [2.24, 2.45) is 5.92 Å². The van der Waals surface area contributed by atoms with Gasteiger partial charge in [-0.3, -0.25) is 9.48 Å². The van der Waals surface area contributed by atoms with E-state index in [0.29, 0.717) is 31.3 Å². The molecule has 2 aromatic heterocycles. The lowest BCUT2D eigenvalue weighted by Crippen LogP contribution is -2.33. The van der Waals surface area contributed by atoms with E-state index >= 15 is 0 Å². The van der Waals surface area contributed by atoms with Crippen LogP contribution in [-0.2, 0) is 24.3 Å². The van der Waals surface area contributed by atoms with Crippen LogP contribution in [-0.4, -0.2) is 42.8 Å². The molecule has 0 radical (unpaired) electrons. The predicted molar refractivity (Wildman–Crippen MR) is 69.3 cm³/mol. The van der Waals surface area contributed by atoms with Crippen molar-refractivity contribution in [1.82, 2.24) is 29.9 Å². The first-order chi connectivity index (χ1) is 9.60. The van der Waals surface area contributed by atoms with Crippen LogP contribution >= 0.6 is 0 Å². The topological polar surface area (TPSA) is 89.9 Å². The maximum Gasteiger partial charge on any atom is 0.235 e. The molecule has 0 saturated carbocycles. The maximum atomic E-state index is 12.2. The fourth-order valence-electron chi connectivity index (χ4n) is 1.84. The molecule has 2 aromatic rings. The quantitative estimate of drug-likeness (QED) is 0.765. The molecule has 1 amide bonds. The van der Waals surface area contributed by atoms with Crippen molar-refractivity contribution in [3.8, 4) is 0 Å². The van der Waals surface area contributed by atoms with Gasteiger partial charge in [-0.1, -0.05) is 13.8 Å². The molecule has 0 aromatic carbocycles. The molecule has 0 bridgehead atoms. The normalized spacial score (nSPS) is 12.3. The van der Waals surface area contributed by atoms with Crippen LogP contribution in [0.15, 0.2) is 17.1 Å². The first-order valence-corrected chi connectivity index (χ1v) is 6.48. The van der Waals surface area contributed by atoms with Crippen molar-refractivity contribution in [1.29, 1.82) is 0 Å². The summed E-state index contributed by atoms with van der Waals surface area (Å²) in [6, 6.07) is 0. The van der Waals surface area contributed by atoms with Crippen molar-refractivity contribution in [2.45, 2.75) is 33.4 Å². The van der Waals surface area contributed by atoms with Gasteiger partial charge in [-0.15, -0.1) is 10.2 Å². The second-order valence-corrected chi connectivity index (χ2v) is 4.66. The van der Waals surface area contributed by atoms with E-state index in [0.717, 1.165) is 0 Å². The Kier molecular flexibility index (Phi) is 4.44. The van der Waals surface area contributed by atoms with Crippen molar-refractivity contribution in [2.75, 3.05) is 7.05 Å². The zero-order valence-electron chi connectivity index (χ0n) is 11.9. The second kappa shape index (κ2) is 6.27. The molecule has 1 unspecified atom stereocenters. The molecule has 8 heteroatoms. The van der Waals surface area contributed by atoms with E-state index in [1.165, 1.54) is 6.33 Å². The smallest absolute Gasteiger partial charge is 0.235 e. The van der Waals surface area contributed by atoms with Gasteiger partial charge in [0, 0.05) is 13.5 Å². The summed E-state index contributed by atoms with van der Waals surface area (Å²) in [7, 11) is 1.72. The first-order valence-electron chi connectivity index (χ1n) is 6.48. The van der Waals surface area contributed by atoms with Crippen LogP contribution < -0.4 is 0 Å². The Balaban J connectivity index is 1.90. The van der Waals surface area contributed by atoms with Crippen molar-refractivity contribution >= 4 is 5.91 Å². The average Bonchev–Trinajstić information content (AvgIpc) is 3.09. The third kappa shape index (κ3) is 3.40. The summed E-state index contributed by atoms with van der Waals surface area (Å²) >= 11 is 0. The van der Waals surface area contributed by atoms with Crippen LogP contribution in [0.2, 0.25) is 0 Å². The highest BCUT2D eigenvalue weighted by atomic mass is 16.4. The van der Waals surface area contributed by atoms with E-state index in [4.69, 9.17) is 4.42 Å². The molecule has 2 heterocycles. The molecule has 20 heavy (non-hydrogen) atoms. The summed E-state index contributed by atoms with van der Waals surface area (Å²) in [6.07, 6.45) is 3.73. The lowest BCUT2D eigenvalue weighted by Gasteiger charge is -2.19. The van der Waals surface area contributed by atoms with E-state index in [-0.39, 0.29) is 11.8 Å². The number of hydrogen-bond acceptors (Lipinski definition) is 6. The summed E-state index contributed by atoms with van der Waals surface area (Å²) in [4.78, 5) is 17.7. The van der Waals surface area contributed by atoms with Gasteiger partial charge in [0.25, 0.3) is 0 Å². The molecule has 0 N–H and O–H groups in total. The van der Waals surface area contributed by atoms with Crippen LogP contribution in [0.3, 0.4) is 0 Å². The highest BCUT2D eigenvalue weighted by molar-refractivity contribution is 5.78. The standard InChI is InChI=1S/C12H18N6O2/c1-4-10-15-16-11(20-10)6-17(3)12(19)9(2)5-18-8-13-7-14-18/h7-9H,4-6H2,1-3H3. The zero-order valence-corrected chi connectivity index (χ0v) is 11.9. The summed E-state index contributed by atoms with van der Waals surface area (Å²) in [6.45, 7) is 4.60. The van der Waals surface area contributed by atoms with E-state index in [1.54, 1.807) is 23.0 Å². The van der Waals surface area contributed by atoms with Gasteiger partial charge in [0.15, 0.2) is 0 Å². The minimum Gasteiger partial charge on any atom is -0.423 e. The van der Waals surface area contributed by atoms with Gasteiger partial charge in [0.05, 0.1) is 19.0 Å². The molecule has 0 saturated heterocycles. The summed E-state index contributed by atoms with van der Waals surface area (Å²) in [5, 5.41) is 11.8. The minimum absolute atomic E-state index is 0.00301. The molecular weight excluding hydrogens is 260 g/mol. The zero-order chi connectivity index (χ0) is 14.5. The van der Waals surface area contributed by atoms with Crippen LogP contribution in [0.5, 0.6) is 0 Å². The maximum absolute atomic E-state index is 12.2. The number of amides is 1. The van der Waals surface area contributed by atoms with Crippen molar-refractivity contribution in [3.05, 3.63) is 24.4 Å². The van der Waals surface area contributed by atoms with Gasteiger partial charge in [-0.2, -0.15) is 5.10 Å². The van der Waals surface area contributed by atoms with Crippen LogP contribution in [0.4, 0.5) is 0 Å². The largest absolute Gasteiger partial charge is 0.423 e. The average molecular weight is 278 g/mol. The molecule has 0 aliphatic rings. The number of aryl methyl sites for hydroxylation is 1. The number of rotatable bonds is 6. The number of carbonyl (C=O) groups excluding carboxylic acids is 1. The summed E-state index contributed by atoms with van der Waals surface area (Å²) < 4.78 is 7.03. The van der Waals surface area contributed by atoms with Gasteiger partial charge in [-0.05, 0) is 0 Å². The molecule has 0 spiro atoms. The number of nitrogens with zero attached hydrogens (tertiary/aromatic N) is 6. The van der Waals surface area contributed by atoms with E-state index in [2.05, 4.69) is 20.3 Å². The monoisotopic (exact) mass is 278 g/mol. The van der Waals surface area contributed by atoms with E-state index in [1.807, 2.05) is 13.8 Å².